The van der Waals surface area contributed by atoms with Crippen LogP contribution in [0.25, 0.3) is 0 Å². The van der Waals surface area contributed by atoms with Crippen molar-refractivity contribution in [3.8, 4) is 0 Å². The minimum absolute atomic E-state index is 0. The summed E-state index contributed by atoms with van der Waals surface area (Å²) in [5.74, 6) is -1.07. The van der Waals surface area contributed by atoms with Crippen molar-refractivity contribution in [2.45, 2.75) is 51.9 Å². The van der Waals surface area contributed by atoms with E-state index in [0.29, 0.717) is 6.42 Å². The Morgan fingerprint density at radius 1 is 1.19 bits per heavy atom. The molecule has 0 amide bonds. The van der Waals surface area contributed by atoms with Crippen LogP contribution in [0, 0.1) is 0 Å². The number of aliphatic imine (C=N–C) groups is 1. The fourth-order valence-electron chi connectivity index (χ4n) is 1.24. The van der Waals surface area contributed by atoms with Gasteiger partial charge in [0.15, 0.2) is 0 Å². The minimum Gasteiger partial charge on any atom is -0.862 e. The number of nitrogens with zero attached hydrogens (tertiary/aromatic N) is 1. The Balaban J connectivity index is 0. The van der Waals surface area contributed by atoms with E-state index in [1.165, 1.54) is 19.3 Å². The van der Waals surface area contributed by atoms with Crippen LogP contribution >= 0.6 is 0 Å². The standard InChI is InChI=1S/C11H21NO3.K/c1-2-3-4-5-6-7-10(13)12-9-8-11(14)15;/h2-9H2,1H3,(H,12,13)(H,14,15);/q;+1/p-1. The van der Waals surface area contributed by atoms with Gasteiger partial charge in [-0.15, -0.1) is 0 Å². The van der Waals surface area contributed by atoms with Crippen molar-refractivity contribution in [1.82, 2.24) is 0 Å². The zero-order chi connectivity index (χ0) is 11.5. The van der Waals surface area contributed by atoms with E-state index in [0.717, 1.165) is 12.8 Å². The Bertz CT molecular complexity index is 207. The van der Waals surface area contributed by atoms with E-state index in [2.05, 4.69) is 11.9 Å². The molecule has 0 rings (SSSR count). The number of unbranched alkanes of at least 4 members (excludes halogenated alkanes) is 4. The zero-order valence-electron chi connectivity index (χ0n) is 10.4. The summed E-state index contributed by atoms with van der Waals surface area (Å²) in [5.41, 5.74) is 0. The van der Waals surface area contributed by atoms with Crippen molar-refractivity contribution in [3.05, 3.63) is 0 Å². The van der Waals surface area contributed by atoms with Crippen LogP contribution in [0.15, 0.2) is 4.99 Å². The Labute approximate surface area is 140 Å². The van der Waals surface area contributed by atoms with E-state index >= 15 is 0 Å². The van der Waals surface area contributed by atoms with Crippen LogP contribution in [0.2, 0.25) is 0 Å². The van der Waals surface area contributed by atoms with Gasteiger partial charge in [0.25, 0.3) is 0 Å². The normalized spacial score (nSPS) is 10.9. The number of hydrogen-bond acceptors (Lipinski definition) is 3. The van der Waals surface area contributed by atoms with Crippen LogP contribution < -0.4 is 56.5 Å². The Kier molecular flexibility index (Phi) is 16.1. The van der Waals surface area contributed by atoms with Gasteiger partial charge in [-0.05, 0) is 18.7 Å². The van der Waals surface area contributed by atoms with Crippen molar-refractivity contribution in [2.24, 2.45) is 4.99 Å². The first-order valence-corrected chi connectivity index (χ1v) is 5.59. The molecule has 5 heteroatoms. The fourth-order valence-corrected chi connectivity index (χ4v) is 1.24. The molecule has 0 unspecified atom stereocenters. The third-order valence-corrected chi connectivity index (χ3v) is 2.11. The third kappa shape index (κ3) is 14.6. The van der Waals surface area contributed by atoms with Crippen LogP contribution in [0.1, 0.15) is 51.9 Å². The summed E-state index contributed by atoms with van der Waals surface area (Å²) in [7, 11) is 0. The van der Waals surface area contributed by atoms with Crippen LogP contribution in [0.5, 0.6) is 0 Å². The van der Waals surface area contributed by atoms with E-state index in [1.54, 1.807) is 0 Å². The van der Waals surface area contributed by atoms with Gasteiger partial charge >= 0.3 is 57.4 Å². The summed E-state index contributed by atoms with van der Waals surface area (Å²) in [6.07, 6.45) is 5.91. The topological polar surface area (TPSA) is 72.7 Å². The average Bonchev–Trinajstić information content (AvgIpc) is 2.17. The number of carbonyl (C=O) groups is 1. The van der Waals surface area contributed by atoms with Crippen LogP contribution in [0.3, 0.4) is 0 Å². The smallest absolute Gasteiger partial charge is 0.862 e. The van der Waals surface area contributed by atoms with Crippen LogP contribution in [-0.4, -0.2) is 23.5 Å². The number of hydrogen-bond donors (Lipinski definition) is 1. The van der Waals surface area contributed by atoms with Crippen molar-refractivity contribution >= 4 is 11.9 Å². The van der Waals surface area contributed by atoms with Gasteiger partial charge in [-0.2, -0.15) is 0 Å². The molecule has 4 nitrogen and oxygen atoms in total. The molecule has 0 spiro atoms. The molecule has 0 aliphatic rings. The molecule has 0 saturated heterocycles. The molecule has 0 radical (unpaired) electrons. The van der Waals surface area contributed by atoms with Crippen LogP contribution in [0.4, 0.5) is 0 Å². The molecule has 0 bridgehead atoms. The van der Waals surface area contributed by atoms with E-state index in [-0.39, 0.29) is 70.2 Å². The summed E-state index contributed by atoms with van der Waals surface area (Å²) in [4.78, 5) is 13.8. The zero-order valence-corrected chi connectivity index (χ0v) is 13.5. The first kappa shape index (κ1) is 18.9. The molecular weight excluding hydrogens is 233 g/mol. The summed E-state index contributed by atoms with van der Waals surface area (Å²) < 4.78 is 0. The maximum absolute atomic E-state index is 11.1. The van der Waals surface area contributed by atoms with Gasteiger partial charge in [-0.1, -0.05) is 32.6 Å². The van der Waals surface area contributed by atoms with Crippen molar-refractivity contribution in [2.75, 3.05) is 6.54 Å². The molecule has 0 atom stereocenters. The second-order valence-electron chi connectivity index (χ2n) is 3.58. The summed E-state index contributed by atoms with van der Waals surface area (Å²) >= 11 is 0. The number of carboxylic acid groups (broad SMARTS) is 1. The van der Waals surface area contributed by atoms with E-state index < -0.39 is 5.97 Å². The maximum atomic E-state index is 11.1. The third-order valence-electron chi connectivity index (χ3n) is 2.11. The second-order valence-corrected chi connectivity index (χ2v) is 3.58. The second kappa shape index (κ2) is 13.6. The van der Waals surface area contributed by atoms with E-state index in [9.17, 15) is 9.90 Å². The number of aliphatic carboxylic acids is 1. The Morgan fingerprint density at radius 3 is 2.38 bits per heavy atom. The Hall–Kier alpha value is 0.576. The van der Waals surface area contributed by atoms with Gasteiger partial charge in [-0.25, -0.2) is 0 Å². The monoisotopic (exact) mass is 253 g/mol. The molecule has 0 fully saturated rings. The molecular formula is C11H20KNO3. The quantitative estimate of drug-likeness (QED) is 0.237. The molecule has 0 aliphatic carbocycles. The summed E-state index contributed by atoms with van der Waals surface area (Å²) in [6, 6.07) is 0. The Morgan fingerprint density at radius 2 is 1.81 bits per heavy atom. The molecule has 0 aromatic carbocycles. The van der Waals surface area contributed by atoms with Crippen LogP contribution in [-0.2, 0) is 4.79 Å². The minimum atomic E-state index is -0.908. The molecule has 0 heterocycles. The van der Waals surface area contributed by atoms with Gasteiger partial charge in [0.1, 0.15) is 0 Å². The predicted octanol–water partition coefficient (Wildman–Crippen LogP) is -1.42. The summed E-state index contributed by atoms with van der Waals surface area (Å²) in [5, 5.41) is 19.4. The van der Waals surface area contributed by atoms with Crippen molar-refractivity contribution in [1.29, 1.82) is 0 Å². The fraction of sp³-hybridized carbons (Fsp3) is 0.818. The molecule has 0 saturated carbocycles. The largest absolute Gasteiger partial charge is 1.00 e. The van der Waals surface area contributed by atoms with Gasteiger partial charge < -0.3 is 15.2 Å². The van der Waals surface area contributed by atoms with E-state index in [4.69, 9.17) is 5.11 Å². The number of carboxylic acids is 1. The van der Waals surface area contributed by atoms with Gasteiger partial charge in [0.2, 0.25) is 0 Å². The first-order valence-electron chi connectivity index (χ1n) is 5.59. The van der Waals surface area contributed by atoms with Gasteiger partial charge in [-0.3, -0.25) is 4.79 Å². The number of rotatable bonds is 9. The first-order chi connectivity index (χ1) is 7.16. The summed E-state index contributed by atoms with van der Waals surface area (Å²) in [6.45, 7) is 2.26. The molecule has 16 heavy (non-hydrogen) atoms. The average molecular weight is 253 g/mol. The molecule has 0 aromatic heterocycles. The predicted molar refractivity (Wildman–Crippen MR) is 57.9 cm³/mol. The van der Waals surface area contributed by atoms with Crippen molar-refractivity contribution < 1.29 is 66.4 Å². The van der Waals surface area contributed by atoms with Gasteiger partial charge in [0, 0.05) is 6.54 Å². The molecule has 1 N–H and O–H groups in total. The van der Waals surface area contributed by atoms with Gasteiger partial charge in [0.05, 0.1) is 6.42 Å². The molecule has 0 aromatic rings. The molecule has 0 aliphatic heterocycles. The van der Waals surface area contributed by atoms with Crippen molar-refractivity contribution in [3.63, 3.8) is 0 Å². The van der Waals surface area contributed by atoms with E-state index in [1.807, 2.05) is 0 Å². The molecule has 88 valence electrons. The SMILES string of the molecule is CCCCCCCC([O-])=NCCC(=O)O.[K+]. The maximum Gasteiger partial charge on any atom is 1.00 e.